The minimum Gasteiger partial charge on any atom is -0.273 e. The summed E-state index contributed by atoms with van der Waals surface area (Å²) in [4.78, 5) is 0. The molecule has 0 saturated heterocycles. The summed E-state index contributed by atoms with van der Waals surface area (Å²) in [5.41, 5.74) is 4.46. The number of halogens is 2. The third-order valence-electron chi connectivity index (χ3n) is 2.41. The molecule has 0 aliphatic heterocycles. The van der Waals surface area contributed by atoms with E-state index in [0.29, 0.717) is 0 Å². The van der Waals surface area contributed by atoms with Crippen molar-refractivity contribution in [3.05, 3.63) is 47.1 Å². The smallest absolute Gasteiger partial charge is 0.109 e. The van der Waals surface area contributed by atoms with Crippen molar-refractivity contribution in [1.82, 2.24) is 0 Å². The van der Waals surface area contributed by atoms with Gasteiger partial charge < -0.3 is 0 Å². The molecule has 0 heterocycles. The van der Waals surface area contributed by atoms with Gasteiger partial charge in [0.05, 0.1) is 0 Å². The Morgan fingerprint density at radius 2 is 1.68 bits per heavy atom. The van der Waals surface area contributed by atoms with Crippen LogP contribution in [0.4, 0.5) is 0 Å². The van der Waals surface area contributed by atoms with Crippen molar-refractivity contribution >= 4 is 30.2 Å². The van der Waals surface area contributed by atoms with E-state index in [2.05, 4.69) is 52.1 Å². The molecule has 4 heteroatoms. The first-order valence-corrected chi connectivity index (χ1v) is 12.1. The second kappa shape index (κ2) is 15.0. The van der Waals surface area contributed by atoms with E-state index in [1.807, 2.05) is 12.2 Å². The van der Waals surface area contributed by atoms with Gasteiger partial charge in [0.25, 0.3) is 0 Å². The zero-order valence-corrected chi connectivity index (χ0v) is 17.6. The van der Waals surface area contributed by atoms with Crippen LogP contribution in [0, 0.1) is 12.2 Å². The van der Waals surface area contributed by atoms with E-state index >= 15 is 0 Å². The Bertz CT molecular complexity index is 360. The van der Waals surface area contributed by atoms with Crippen molar-refractivity contribution in [2.75, 3.05) is 0 Å². The minimum atomic E-state index is 0. The molecule has 19 heavy (non-hydrogen) atoms. The number of hydrogen-bond acceptors (Lipinski definition) is 0. The van der Waals surface area contributed by atoms with Crippen molar-refractivity contribution < 1.29 is 23.3 Å². The Morgan fingerprint density at radius 1 is 1.16 bits per heavy atom. The SMILES string of the molecule is CC1=[C-]CC(C)=C1C.C[Si](C)=[Zr+2].Cl.Cl.[C-]1=CC=CC1. The minimum absolute atomic E-state index is 0. The van der Waals surface area contributed by atoms with Gasteiger partial charge in [-0.1, -0.05) is 13.8 Å². The van der Waals surface area contributed by atoms with Gasteiger partial charge in [0.2, 0.25) is 0 Å². The van der Waals surface area contributed by atoms with Crippen molar-refractivity contribution in [1.29, 1.82) is 0 Å². The predicted molar refractivity (Wildman–Crippen MR) is 89.0 cm³/mol. The van der Waals surface area contributed by atoms with Crippen LogP contribution in [0.3, 0.4) is 0 Å². The molecule has 0 atom stereocenters. The van der Waals surface area contributed by atoms with Crippen molar-refractivity contribution in [2.45, 2.75) is 46.7 Å². The van der Waals surface area contributed by atoms with Gasteiger partial charge in [0.15, 0.2) is 0 Å². The van der Waals surface area contributed by atoms with E-state index in [9.17, 15) is 0 Å². The van der Waals surface area contributed by atoms with Gasteiger partial charge in [-0.05, 0) is 0 Å². The molecule has 0 aromatic carbocycles. The average molecular weight is 395 g/mol. The topological polar surface area (TPSA) is 0 Å². The van der Waals surface area contributed by atoms with Gasteiger partial charge in [-0.2, -0.15) is 17.2 Å². The number of hydrogen-bond donors (Lipinski definition) is 0. The molecule has 106 valence electrons. The van der Waals surface area contributed by atoms with E-state index in [0.717, 1.165) is 12.8 Å². The quantitative estimate of drug-likeness (QED) is 0.381. The summed E-state index contributed by atoms with van der Waals surface area (Å²) in [6.45, 7) is 11.1. The maximum absolute atomic E-state index is 3.26. The van der Waals surface area contributed by atoms with Gasteiger partial charge in [0.1, 0.15) is 0 Å². The van der Waals surface area contributed by atoms with E-state index < -0.39 is 0 Å². The van der Waals surface area contributed by atoms with Crippen LogP contribution in [0.1, 0.15) is 33.6 Å². The first-order chi connectivity index (χ1) is 7.95. The fraction of sp³-hybridized carbons (Fsp3) is 0.467. The van der Waals surface area contributed by atoms with Gasteiger partial charge >= 0.3 is 41.9 Å². The fourth-order valence-electron chi connectivity index (χ4n) is 1.19. The first kappa shape index (κ1) is 24.6. The molecule has 0 saturated carbocycles. The second-order valence-electron chi connectivity index (χ2n) is 4.39. The molecule has 2 aliphatic rings. The molecule has 2 rings (SSSR count). The summed E-state index contributed by atoms with van der Waals surface area (Å²) < 4.78 is 0. The Morgan fingerprint density at radius 3 is 1.79 bits per heavy atom. The van der Waals surface area contributed by atoms with E-state index in [1.54, 1.807) is 23.3 Å². The van der Waals surface area contributed by atoms with E-state index in [4.69, 9.17) is 0 Å². The van der Waals surface area contributed by atoms with Crippen LogP contribution in [-0.4, -0.2) is 5.43 Å². The maximum atomic E-state index is 3.26. The molecule has 0 aromatic heterocycles. The van der Waals surface area contributed by atoms with Crippen LogP contribution in [0.5, 0.6) is 0 Å². The number of rotatable bonds is 0. The molecule has 0 N–H and O–H groups in total. The molecule has 0 bridgehead atoms. The standard InChI is InChI=1S/C8H11.C5H5.C2H6Si.2ClH.Zr/c1-6-4-5-7(2)8(6)3;1-2-4-5-3-1;1-3-2;;;/h4H2,1-3H3;1-3H,4H2;1-2H3;2*1H;/q2*-1;;;;+2. The fourth-order valence-corrected chi connectivity index (χ4v) is 1.19. The average Bonchev–Trinajstić information content (AvgIpc) is 2.88. The molecule has 0 amide bonds. The molecular formula is C15H24Cl2SiZr. The maximum Gasteiger partial charge on any atom is -0.109 e. The Balaban J connectivity index is -0.000000206. The van der Waals surface area contributed by atoms with Crippen molar-refractivity contribution in [2.24, 2.45) is 0 Å². The normalized spacial score (nSPS) is 14.4. The summed E-state index contributed by atoms with van der Waals surface area (Å²) in [5, 5.41) is 0. The van der Waals surface area contributed by atoms with Gasteiger partial charge in [-0.25, -0.2) is 17.7 Å². The summed E-state index contributed by atoms with van der Waals surface area (Å²) in [6, 6.07) is 0. The summed E-state index contributed by atoms with van der Waals surface area (Å²) in [7, 11) is 0. The third-order valence-corrected chi connectivity index (χ3v) is 2.41. The van der Waals surface area contributed by atoms with E-state index in [1.165, 1.54) is 16.7 Å². The van der Waals surface area contributed by atoms with Crippen LogP contribution < -0.4 is 0 Å². The monoisotopic (exact) mass is 392 g/mol. The molecule has 0 fully saturated rings. The van der Waals surface area contributed by atoms with Gasteiger partial charge in [-0.3, -0.25) is 12.2 Å². The summed E-state index contributed by atoms with van der Waals surface area (Å²) in [6.07, 6.45) is 14.3. The Labute approximate surface area is 146 Å². The number of allylic oxidation sites excluding steroid dienone is 8. The second-order valence-corrected chi connectivity index (χ2v) is 13.8. The van der Waals surface area contributed by atoms with Crippen LogP contribution >= 0.6 is 24.8 Å². The van der Waals surface area contributed by atoms with E-state index in [-0.39, 0.29) is 30.2 Å². The Kier molecular flexibility index (Phi) is 19.5. The van der Waals surface area contributed by atoms with Gasteiger partial charge in [0, 0.05) is 0 Å². The van der Waals surface area contributed by atoms with Gasteiger partial charge in [-0.15, -0.1) is 44.6 Å². The van der Waals surface area contributed by atoms with Crippen LogP contribution in [0.15, 0.2) is 34.9 Å². The molecule has 0 radical (unpaired) electrons. The molecule has 0 spiro atoms. The third kappa shape index (κ3) is 14.9. The van der Waals surface area contributed by atoms with Crippen LogP contribution in [-0.2, 0) is 23.3 Å². The first-order valence-electron chi connectivity index (χ1n) is 5.92. The van der Waals surface area contributed by atoms with Crippen LogP contribution in [0.2, 0.25) is 13.1 Å². The Hall–Kier alpha value is 0.640. The predicted octanol–water partition coefficient (Wildman–Crippen LogP) is 5.41. The molecule has 0 unspecified atom stereocenters. The van der Waals surface area contributed by atoms with Crippen molar-refractivity contribution in [3.8, 4) is 0 Å². The van der Waals surface area contributed by atoms with Crippen LogP contribution in [0.25, 0.3) is 0 Å². The van der Waals surface area contributed by atoms with Crippen molar-refractivity contribution in [3.63, 3.8) is 0 Å². The molecular weight excluding hydrogens is 370 g/mol. The zero-order chi connectivity index (χ0) is 13.3. The summed E-state index contributed by atoms with van der Waals surface area (Å²) >= 11 is 1.74. The summed E-state index contributed by atoms with van der Waals surface area (Å²) in [5.74, 6) is 0. The molecule has 2 aliphatic carbocycles. The largest absolute Gasteiger partial charge is 0.273 e. The molecule has 0 nitrogen and oxygen atoms in total. The zero-order valence-electron chi connectivity index (χ0n) is 12.5. The molecule has 0 aromatic rings.